The molecule has 1 amide bonds. The lowest BCUT2D eigenvalue weighted by Gasteiger charge is -2.26. The lowest BCUT2D eigenvalue weighted by molar-refractivity contribution is -0.120. The summed E-state index contributed by atoms with van der Waals surface area (Å²) in [5.74, 6) is -0.991. The molecule has 3 N–H and O–H groups in total. The van der Waals surface area contributed by atoms with Gasteiger partial charge in [-0.1, -0.05) is 20.8 Å². The highest BCUT2D eigenvalue weighted by molar-refractivity contribution is 5.85. The maximum absolute atomic E-state index is 13.5. The Labute approximate surface area is 187 Å². The van der Waals surface area contributed by atoms with Crippen LogP contribution in [0.5, 0.6) is 0 Å². The summed E-state index contributed by atoms with van der Waals surface area (Å²) in [6, 6.07) is 2.52. The second kappa shape index (κ2) is 9.70. The van der Waals surface area contributed by atoms with Gasteiger partial charge in [-0.2, -0.15) is 5.11 Å². The first-order chi connectivity index (χ1) is 14.9. The standard InChI is InChI=1S/C23H33F2N5O2/c1-14(31)27-18(9-15-7-16(24)10-17(25)8-15)19(32)13-26-23(5-6-23)12-21-28-20(29-30-21)11-22(2,3)4/h7-8,10,18-20,26,32H,5-6,9,11-13H2,1-4H3,(H,27,31). The van der Waals surface area contributed by atoms with Gasteiger partial charge in [-0.3, -0.25) is 4.79 Å². The molecule has 32 heavy (non-hydrogen) atoms. The molecule has 3 unspecified atom stereocenters. The monoisotopic (exact) mass is 449 g/mol. The summed E-state index contributed by atoms with van der Waals surface area (Å²) in [7, 11) is 0. The zero-order chi connectivity index (χ0) is 23.5. The topological polar surface area (TPSA) is 98.4 Å². The number of carbonyl (C=O) groups excluding carboxylic acids is 1. The molecule has 0 saturated heterocycles. The number of benzene rings is 1. The fourth-order valence-electron chi connectivity index (χ4n) is 3.93. The zero-order valence-electron chi connectivity index (χ0n) is 19.2. The van der Waals surface area contributed by atoms with Crippen LogP contribution in [0, 0.1) is 17.0 Å². The van der Waals surface area contributed by atoms with Crippen molar-refractivity contribution >= 4 is 11.7 Å². The van der Waals surface area contributed by atoms with Crippen LogP contribution in [0.15, 0.2) is 33.4 Å². The number of nitrogens with zero attached hydrogens (tertiary/aromatic N) is 3. The number of aliphatic hydroxyl groups excluding tert-OH is 1. The third-order valence-electron chi connectivity index (χ3n) is 5.67. The number of hydrogen-bond donors (Lipinski definition) is 3. The van der Waals surface area contributed by atoms with E-state index in [4.69, 9.17) is 0 Å². The summed E-state index contributed by atoms with van der Waals surface area (Å²) in [5.41, 5.74) is 0.291. The summed E-state index contributed by atoms with van der Waals surface area (Å²) >= 11 is 0. The molecule has 0 spiro atoms. The summed E-state index contributed by atoms with van der Waals surface area (Å²) in [5, 5.41) is 25.3. The van der Waals surface area contributed by atoms with Crippen LogP contribution in [0.1, 0.15) is 58.9 Å². The van der Waals surface area contributed by atoms with E-state index in [0.717, 1.165) is 25.3 Å². The first kappa shape index (κ1) is 24.4. The third kappa shape index (κ3) is 7.41. The Kier molecular flexibility index (Phi) is 7.39. The summed E-state index contributed by atoms with van der Waals surface area (Å²) < 4.78 is 27.1. The van der Waals surface area contributed by atoms with Crippen molar-refractivity contribution in [2.24, 2.45) is 20.6 Å². The Morgan fingerprint density at radius 1 is 1.25 bits per heavy atom. The molecule has 1 fully saturated rings. The Bertz CT molecular complexity index is 873. The van der Waals surface area contributed by atoms with E-state index < -0.39 is 23.8 Å². The van der Waals surface area contributed by atoms with Crippen molar-refractivity contribution < 1.29 is 18.7 Å². The highest BCUT2D eigenvalue weighted by Crippen LogP contribution is 2.40. The molecule has 0 bridgehead atoms. The number of amidine groups is 1. The van der Waals surface area contributed by atoms with Gasteiger partial charge in [0.2, 0.25) is 5.91 Å². The molecule has 1 saturated carbocycles. The predicted molar refractivity (Wildman–Crippen MR) is 118 cm³/mol. The van der Waals surface area contributed by atoms with Crippen molar-refractivity contribution in [2.45, 2.75) is 83.6 Å². The third-order valence-corrected chi connectivity index (χ3v) is 5.67. The molecule has 1 aromatic rings. The van der Waals surface area contributed by atoms with Gasteiger partial charge in [0.25, 0.3) is 0 Å². The Balaban J connectivity index is 1.57. The van der Waals surface area contributed by atoms with E-state index in [1.54, 1.807) is 0 Å². The van der Waals surface area contributed by atoms with Crippen LogP contribution in [-0.2, 0) is 11.2 Å². The zero-order valence-corrected chi connectivity index (χ0v) is 19.2. The lowest BCUT2D eigenvalue weighted by atomic mass is 9.91. The van der Waals surface area contributed by atoms with Crippen LogP contribution >= 0.6 is 0 Å². The van der Waals surface area contributed by atoms with Gasteiger partial charge in [0.1, 0.15) is 17.5 Å². The lowest BCUT2D eigenvalue weighted by Crippen LogP contribution is -2.50. The molecule has 1 aromatic carbocycles. The fraction of sp³-hybridized carbons (Fsp3) is 0.652. The molecule has 2 aliphatic rings. The molecule has 3 rings (SSSR count). The minimum Gasteiger partial charge on any atom is -0.390 e. The maximum atomic E-state index is 13.5. The molecule has 176 valence electrons. The van der Waals surface area contributed by atoms with E-state index in [1.807, 2.05) is 0 Å². The molecule has 3 atom stereocenters. The fourth-order valence-corrected chi connectivity index (χ4v) is 3.93. The molecule has 0 radical (unpaired) electrons. The summed E-state index contributed by atoms with van der Waals surface area (Å²) in [6.45, 7) is 8.00. The van der Waals surface area contributed by atoms with Gasteiger partial charge >= 0.3 is 0 Å². The number of rotatable bonds is 10. The average Bonchev–Trinajstić information content (AvgIpc) is 3.28. The van der Waals surface area contributed by atoms with Crippen LogP contribution in [0.4, 0.5) is 8.78 Å². The molecule has 7 nitrogen and oxygen atoms in total. The molecule has 9 heteroatoms. The van der Waals surface area contributed by atoms with Crippen molar-refractivity contribution in [2.75, 3.05) is 6.54 Å². The van der Waals surface area contributed by atoms with Crippen LogP contribution in [0.3, 0.4) is 0 Å². The number of amides is 1. The first-order valence-corrected chi connectivity index (χ1v) is 11.1. The van der Waals surface area contributed by atoms with Crippen molar-refractivity contribution in [3.8, 4) is 0 Å². The SMILES string of the molecule is CC(=O)NC(Cc1cc(F)cc(F)c1)C(O)CNC1(CC2=NC(CC(C)(C)C)N=N2)CC1. The smallest absolute Gasteiger partial charge is 0.217 e. The van der Waals surface area contributed by atoms with E-state index in [-0.39, 0.29) is 36.0 Å². The van der Waals surface area contributed by atoms with Crippen molar-refractivity contribution in [3.63, 3.8) is 0 Å². The number of halogens is 2. The van der Waals surface area contributed by atoms with Crippen LogP contribution in [0.25, 0.3) is 0 Å². The first-order valence-electron chi connectivity index (χ1n) is 11.1. The second-order valence-electron chi connectivity index (χ2n) is 10.2. The number of azo groups is 1. The number of hydrogen-bond acceptors (Lipinski definition) is 6. The number of β-amino-alcohol motifs (C(OH)–C–C–N with tert-alkyl or cyclic N) is 1. The minimum absolute atomic E-state index is 0.111. The largest absolute Gasteiger partial charge is 0.390 e. The van der Waals surface area contributed by atoms with Gasteiger partial charge in [-0.15, -0.1) is 5.11 Å². The van der Waals surface area contributed by atoms with E-state index in [0.29, 0.717) is 17.8 Å². The molecule has 1 aliphatic heterocycles. The van der Waals surface area contributed by atoms with Crippen molar-refractivity contribution in [1.29, 1.82) is 0 Å². The number of aliphatic imine (C=N–C) groups is 1. The van der Waals surface area contributed by atoms with Gasteiger partial charge in [-0.25, -0.2) is 13.8 Å². The van der Waals surface area contributed by atoms with Crippen molar-refractivity contribution in [3.05, 3.63) is 35.4 Å². The Hall–Kier alpha value is -2.26. The highest BCUT2D eigenvalue weighted by Gasteiger charge is 2.44. The van der Waals surface area contributed by atoms with Crippen LogP contribution < -0.4 is 10.6 Å². The summed E-state index contributed by atoms with van der Waals surface area (Å²) in [4.78, 5) is 16.3. The minimum atomic E-state index is -0.941. The second-order valence-corrected chi connectivity index (χ2v) is 10.2. The number of carbonyl (C=O) groups is 1. The van der Waals surface area contributed by atoms with E-state index in [9.17, 15) is 18.7 Å². The van der Waals surface area contributed by atoms with E-state index in [1.165, 1.54) is 19.1 Å². The molecule has 0 aromatic heterocycles. The van der Waals surface area contributed by atoms with Gasteiger partial charge in [-0.05, 0) is 48.8 Å². The predicted octanol–water partition coefficient (Wildman–Crippen LogP) is 3.51. The van der Waals surface area contributed by atoms with E-state index in [2.05, 4.69) is 46.6 Å². The normalized spacial score (nSPS) is 21.2. The van der Waals surface area contributed by atoms with E-state index >= 15 is 0 Å². The Morgan fingerprint density at radius 3 is 2.47 bits per heavy atom. The Morgan fingerprint density at radius 2 is 1.91 bits per heavy atom. The summed E-state index contributed by atoms with van der Waals surface area (Å²) in [6.07, 6.45) is 2.35. The molecule has 1 aliphatic carbocycles. The molecule has 1 heterocycles. The highest BCUT2D eigenvalue weighted by atomic mass is 19.1. The quantitative estimate of drug-likeness (QED) is 0.510. The van der Waals surface area contributed by atoms with Crippen LogP contribution in [-0.4, -0.2) is 47.2 Å². The number of aliphatic hydroxyl groups is 1. The van der Waals surface area contributed by atoms with Crippen LogP contribution in [0.2, 0.25) is 0 Å². The van der Waals surface area contributed by atoms with Gasteiger partial charge in [0, 0.05) is 31.5 Å². The molecular weight excluding hydrogens is 416 g/mol. The maximum Gasteiger partial charge on any atom is 0.217 e. The number of nitrogens with one attached hydrogen (secondary N) is 2. The van der Waals surface area contributed by atoms with Gasteiger partial charge in [0.05, 0.1) is 12.1 Å². The molecular formula is C23H33F2N5O2. The van der Waals surface area contributed by atoms with Gasteiger partial charge in [0.15, 0.2) is 6.17 Å². The van der Waals surface area contributed by atoms with Gasteiger partial charge < -0.3 is 15.7 Å². The average molecular weight is 450 g/mol. The van der Waals surface area contributed by atoms with Crippen molar-refractivity contribution in [1.82, 2.24) is 10.6 Å².